The third-order valence-electron chi connectivity index (χ3n) is 4.75. The van der Waals surface area contributed by atoms with E-state index in [1.165, 1.54) is 5.52 Å². The van der Waals surface area contributed by atoms with Gasteiger partial charge < -0.3 is 15.0 Å². The lowest BCUT2D eigenvalue weighted by molar-refractivity contribution is -0.0982. The minimum absolute atomic E-state index is 0.0350. The van der Waals surface area contributed by atoms with Gasteiger partial charge in [-0.3, -0.25) is 0 Å². The smallest absolute Gasteiger partial charge is 0.0960 e. The van der Waals surface area contributed by atoms with Crippen LogP contribution in [0, 0.1) is 0 Å². The minimum atomic E-state index is 0.0350. The molecule has 108 valence electrons. The van der Waals surface area contributed by atoms with Crippen molar-refractivity contribution in [3.05, 3.63) is 24.5 Å². The maximum Gasteiger partial charge on any atom is 0.0960 e. The fourth-order valence-electron chi connectivity index (χ4n) is 3.32. The van der Waals surface area contributed by atoms with Crippen LogP contribution in [0.2, 0.25) is 0 Å². The molecule has 4 heteroatoms. The zero-order chi connectivity index (χ0) is 14.2. The topological polar surface area (TPSA) is 53.1 Å². The van der Waals surface area contributed by atoms with E-state index in [0.29, 0.717) is 6.04 Å². The van der Waals surface area contributed by atoms with Gasteiger partial charge in [0.15, 0.2) is 0 Å². The Morgan fingerprint density at radius 1 is 1.40 bits per heavy atom. The molecule has 2 heterocycles. The number of hydrogen-bond donors (Lipinski definition) is 1. The van der Waals surface area contributed by atoms with Crippen LogP contribution in [0.4, 0.5) is 5.69 Å². The molecule has 0 amide bonds. The van der Waals surface area contributed by atoms with E-state index in [1.807, 2.05) is 18.5 Å². The van der Waals surface area contributed by atoms with Crippen LogP contribution in [0.25, 0.3) is 11.0 Å². The molecule has 3 rings (SSSR count). The summed E-state index contributed by atoms with van der Waals surface area (Å²) in [7, 11) is 0. The van der Waals surface area contributed by atoms with Crippen molar-refractivity contribution in [2.75, 3.05) is 12.3 Å². The van der Waals surface area contributed by atoms with Gasteiger partial charge in [-0.05, 0) is 43.9 Å². The first-order chi connectivity index (χ1) is 9.67. The molecule has 0 spiro atoms. The number of nitrogens with zero attached hydrogens (tertiary/aromatic N) is 2. The number of nitrogens with two attached hydrogens (primary N) is 1. The average Bonchev–Trinajstić information content (AvgIpc) is 2.90. The molecule has 1 aromatic carbocycles. The van der Waals surface area contributed by atoms with Crippen LogP contribution in [0.3, 0.4) is 0 Å². The third kappa shape index (κ3) is 2.18. The zero-order valence-corrected chi connectivity index (χ0v) is 12.3. The summed E-state index contributed by atoms with van der Waals surface area (Å²) in [5, 5.41) is 0. The van der Waals surface area contributed by atoms with Crippen LogP contribution in [-0.2, 0) is 4.74 Å². The molecule has 1 fully saturated rings. The molecule has 1 unspecified atom stereocenters. The molecule has 0 bridgehead atoms. The maximum atomic E-state index is 6.07. The quantitative estimate of drug-likeness (QED) is 0.870. The van der Waals surface area contributed by atoms with Crippen LogP contribution >= 0.6 is 0 Å². The van der Waals surface area contributed by atoms with Gasteiger partial charge in [-0.15, -0.1) is 0 Å². The molecule has 1 saturated heterocycles. The number of ether oxygens (including phenoxy) is 1. The molecule has 1 aliphatic rings. The summed E-state index contributed by atoms with van der Waals surface area (Å²) in [6, 6.07) is 6.44. The van der Waals surface area contributed by atoms with E-state index >= 15 is 0 Å². The fraction of sp³-hybridized carbons (Fsp3) is 0.562. The van der Waals surface area contributed by atoms with Gasteiger partial charge >= 0.3 is 0 Å². The summed E-state index contributed by atoms with van der Waals surface area (Å²) in [4.78, 5) is 4.50. The molecule has 20 heavy (non-hydrogen) atoms. The molecule has 4 nitrogen and oxygen atoms in total. The summed E-state index contributed by atoms with van der Waals surface area (Å²) in [5.74, 6) is 0. The van der Waals surface area contributed by atoms with Gasteiger partial charge in [0, 0.05) is 18.3 Å². The Labute approximate surface area is 119 Å². The second-order valence-electron chi connectivity index (χ2n) is 5.79. The fourth-order valence-corrected chi connectivity index (χ4v) is 3.32. The third-order valence-corrected chi connectivity index (χ3v) is 4.75. The molecule has 0 aliphatic carbocycles. The zero-order valence-electron chi connectivity index (χ0n) is 12.3. The van der Waals surface area contributed by atoms with Crippen molar-refractivity contribution < 1.29 is 4.74 Å². The number of anilines is 1. The normalized spacial score (nSPS) is 22.2. The van der Waals surface area contributed by atoms with Crippen molar-refractivity contribution in [3.63, 3.8) is 0 Å². The highest BCUT2D eigenvalue weighted by Gasteiger charge is 2.35. The minimum Gasteiger partial charge on any atom is -0.399 e. The summed E-state index contributed by atoms with van der Waals surface area (Å²) in [6.07, 6.45) is 6.21. The van der Waals surface area contributed by atoms with Crippen molar-refractivity contribution in [1.82, 2.24) is 9.55 Å². The number of hydrogen-bond acceptors (Lipinski definition) is 3. The number of benzene rings is 1. The number of fused-ring (bicyclic) bond motifs is 1. The van der Waals surface area contributed by atoms with Crippen molar-refractivity contribution in [3.8, 4) is 0 Å². The first-order valence-electron chi connectivity index (χ1n) is 7.53. The summed E-state index contributed by atoms with van der Waals surface area (Å²) < 4.78 is 8.37. The highest BCUT2D eigenvalue weighted by atomic mass is 16.5. The Bertz CT molecular complexity index is 601. The largest absolute Gasteiger partial charge is 0.399 e. The van der Waals surface area contributed by atoms with E-state index in [4.69, 9.17) is 10.5 Å². The highest BCUT2D eigenvalue weighted by Crippen LogP contribution is 2.38. The molecule has 1 aromatic heterocycles. The molecular formula is C16H23N3O. The summed E-state index contributed by atoms with van der Waals surface area (Å²) in [6.45, 7) is 5.28. The Morgan fingerprint density at radius 2 is 2.20 bits per heavy atom. The first kappa shape index (κ1) is 13.4. The van der Waals surface area contributed by atoms with Crippen LogP contribution in [0.15, 0.2) is 24.5 Å². The number of imidazole rings is 1. The van der Waals surface area contributed by atoms with Crippen LogP contribution in [-0.4, -0.2) is 21.8 Å². The van der Waals surface area contributed by atoms with Crippen LogP contribution in [0.5, 0.6) is 0 Å². The predicted molar refractivity (Wildman–Crippen MR) is 81.7 cm³/mol. The van der Waals surface area contributed by atoms with E-state index in [-0.39, 0.29) is 5.60 Å². The van der Waals surface area contributed by atoms with Gasteiger partial charge in [0.25, 0.3) is 0 Å². The monoisotopic (exact) mass is 273 g/mol. The molecule has 1 aliphatic heterocycles. The van der Waals surface area contributed by atoms with Crippen molar-refractivity contribution >= 4 is 16.7 Å². The van der Waals surface area contributed by atoms with E-state index < -0.39 is 0 Å². The first-order valence-corrected chi connectivity index (χ1v) is 7.53. The molecule has 0 radical (unpaired) electrons. The van der Waals surface area contributed by atoms with Crippen molar-refractivity contribution in [2.45, 2.75) is 51.2 Å². The average molecular weight is 273 g/mol. The Balaban J connectivity index is 1.94. The lowest BCUT2D eigenvalue weighted by Gasteiger charge is -2.40. The number of nitrogen functional groups attached to an aromatic ring is 1. The van der Waals surface area contributed by atoms with Crippen molar-refractivity contribution in [2.24, 2.45) is 0 Å². The lowest BCUT2D eigenvalue weighted by atomic mass is 9.86. The van der Waals surface area contributed by atoms with Crippen LogP contribution < -0.4 is 5.73 Å². The lowest BCUT2D eigenvalue weighted by Crippen LogP contribution is -2.39. The molecule has 2 aromatic rings. The predicted octanol–water partition coefficient (Wildman–Crippen LogP) is 3.53. The van der Waals surface area contributed by atoms with E-state index in [0.717, 1.165) is 43.5 Å². The van der Waals surface area contributed by atoms with Gasteiger partial charge in [-0.1, -0.05) is 13.8 Å². The number of aromatic nitrogens is 2. The van der Waals surface area contributed by atoms with E-state index in [1.54, 1.807) is 0 Å². The second-order valence-corrected chi connectivity index (χ2v) is 5.79. The summed E-state index contributed by atoms with van der Waals surface area (Å²) in [5.41, 5.74) is 8.79. The Morgan fingerprint density at radius 3 is 2.95 bits per heavy atom. The number of rotatable bonds is 3. The van der Waals surface area contributed by atoms with E-state index in [9.17, 15) is 0 Å². The van der Waals surface area contributed by atoms with Crippen molar-refractivity contribution in [1.29, 1.82) is 0 Å². The molecular weight excluding hydrogens is 250 g/mol. The summed E-state index contributed by atoms with van der Waals surface area (Å²) >= 11 is 0. The van der Waals surface area contributed by atoms with Crippen LogP contribution in [0.1, 0.15) is 45.6 Å². The van der Waals surface area contributed by atoms with Gasteiger partial charge in [0.2, 0.25) is 0 Å². The SMILES string of the molecule is CCC1(CC)CC(n2cnc3cc(N)ccc32)CCO1. The van der Waals surface area contributed by atoms with Gasteiger partial charge in [0.1, 0.15) is 0 Å². The van der Waals surface area contributed by atoms with Gasteiger partial charge in [-0.2, -0.15) is 0 Å². The Hall–Kier alpha value is -1.55. The highest BCUT2D eigenvalue weighted by molar-refractivity contribution is 5.79. The maximum absolute atomic E-state index is 6.07. The molecule has 0 saturated carbocycles. The second kappa shape index (κ2) is 5.09. The molecule has 1 atom stereocenters. The van der Waals surface area contributed by atoms with E-state index in [2.05, 4.69) is 29.5 Å². The Kier molecular flexibility index (Phi) is 3.42. The van der Waals surface area contributed by atoms with Gasteiger partial charge in [-0.25, -0.2) is 4.98 Å². The standard InChI is InChI=1S/C16H23N3O/c1-3-16(4-2)10-13(7-8-20-16)19-11-18-14-9-12(17)5-6-15(14)19/h5-6,9,11,13H,3-4,7-8,10,17H2,1-2H3. The van der Waals surface area contributed by atoms with Gasteiger partial charge in [0.05, 0.1) is 23.0 Å². The molecule has 2 N–H and O–H groups in total.